The molecule has 2 N–H and O–H groups in total. The summed E-state index contributed by atoms with van der Waals surface area (Å²) in [6, 6.07) is 0. The lowest BCUT2D eigenvalue weighted by molar-refractivity contribution is 0.448. The van der Waals surface area contributed by atoms with E-state index in [2.05, 4.69) is 19.7 Å². The van der Waals surface area contributed by atoms with E-state index in [9.17, 15) is 0 Å². The second-order valence-corrected chi connectivity index (χ2v) is 0.524. The first-order valence-electron chi connectivity index (χ1n) is 2.00. The molecule has 0 aromatic heterocycles. The maximum absolute atomic E-state index is 7.00. The predicted molar refractivity (Wildman–Crippen MR) is 37.3 cm³/mol. The Bertz CT molecular complexity index is 31.6. The van der Waals surface area contributed by atoms with Gasteiger partial charge in [0.25, 0.3) is 0 Å². The van der Waals surface area contributed by atoms with Crippen LogP contribution >= 0.6 is 0 Å². The summed E-state index contributed by atoms with van der Waals surface area (Å²) in [6.07, 6.45) is 1.75. The Morgan fingerprint density at radius 1 is 1.38 bits per heavy atom. The fourth-order valence-electron chi connectivity index (χ4n) is 0. The molecule has 0 aromatic carbocycles. The van der Waals surface area contributed by atoms with Crippen LogP contribution in [0.1, 0.15) is 6.92 Å². The SMILES string of the molecule is C=C.C=CC.O[B]O. The van der Waals surface area contributed by atoms with Crippen LogP contribution in [0, 0.1) is 0 Å². The van der Waals surface area contributed by atoms with E-state index in [0.717, 1.165) is 0 Å². The van der Waals surface area contributed by atoms with Crippen LogP contribution in [0.4, 0.5) is 0 Å². The molecular weight excluding hydrogens is 103 g/mol. The van der Waals surface area contributed by atoms with Crippen molar-refractivity contribution in [3.05, 3.63) is 25.8 Å². The quantitative estimate of drug-likeness (QED) is 0.356. The highest BCUT2D eigenvalue weighted by molar-refractivity contribution is 6.13. The molecule has 0 aliphatic rings. The maximum atomic E-state index is 7.00. The highest BCUT2D eigenvalue weighted by atomic mass is 16.4. The zero-order chi connectivity index (χ0) is 7.41. The van der Waals surface area contributed by atoms with Gasteiger partial charge in [-0.3, -0.25) is 0 Å². The summed E-state index contributed by atoms with van der Waals surface area (Å²) < 4.78 is 0. The molecule has 0 bridgehead atoms. The normalized spacial score (nSPS) is 3.88. The molecule has 0 heterocycles. The van der Waals surface area contributed by atoms with E-state index in [0.29, 0.717) is 0 Å². The van der Waals surface area contributed by atoms with Gasteiger partial charge in [0, 0.05) is 0 Å². The van der Waals surface area contributed by atoms with E-state index in [4.69, 9.17) is 10.0 Å². The summed E-state index contributed by atoms with van der Waals surface area (Å²) in [6.45, 7) is 11.2. The fourth-order valence-corrected chi connectivity index (χ4v) is 0. The van der Waals surface area contributed by atoms with E-state index < -0.39 is 0 Å². The van der Waals surface area contributed by atoms with E-state index in [-0.39, 0.29) is 7.69 Å². The first kappa shape index (κ1) is 15.7. The highest BCUT2D eigenvalue weighted by Crippen LogP contribution is 1.38. The predicted octanol–water partition coefficient (Wildman–Crippen LogP) is 0.500. The molecule has 1 radical (unpaired) electrons. The van der Waals surface area contributed by atoms with Crippen LogP contribution in [0.25, 0.3) is 0 Å². The smallest absolute Gasteiger partial charge is 0.429 e. The molecule has 0 fully saturated rings. The second-order valence-electron chi connectivity index (χ2n) is 0.524. The van der Waals surface area contributed by atoms with Crippen LogP contribution in [0.3, 0.4) is 0 Å². The highest BCUT2D eigenvalue weighted by Gasteiger charge is 1.51. The number of hydrogen-bond donors (Lipinski definition) is 2. The van der Waals surface area contributed by atoms with Crippen molar-refractivity contribution in [2.45, 2.75) is 6.92 Å². The lowest BCUT2D eigenvalue weighted by atomic mass is 10.5. The van der Waals surface area contributed by atoms with Crippen molar-refractivity contribution in [1.82, 2.24) is 0 Å². The van der Waals surface area contributed by atoms with Gasteiger partial charge in [-0.15, -0.1) is 19.7 Å². The summed E-state index contributed by atoms with van der Waals surface area (Å²) in [5, 5.41) is 14.0. The minimum atomic E-state index is 0. The summed E-state index contributed by atoms with van der Waals surface area (Å²) in [7, 11) is 0. The second kappa shape index (κ2) is 90.0. The lowest BCUT2D eigenvalue weighted by Crippen LogP contribution is -1.75. The Morgan fingerprint density at radius 3 is 1.38 bits per heavy atom. The van der Waals surface area contributed by atoms with Gasteiger partial charge in [-0.1, -0.05) is 6.08 Å². The van der Waals surface area contributed by atoms with Crippen molar-refractivity contribution in [2.24, 2.45) is 0 Å². The molecule has 0 unspecified atom stereocenters. The van der Waals surface area contributed by atoms with Crippen LogP contribution in [0.15, 0.2) is 25.8 Å². The molecule has 3 heteroatoms. The maximum Gasteiger partial charge on any atom is 0.482 e. The summed E-state index contributed by atoms with van der Waals surface area (Å²) in [5.74, 6) is 0. The van der Waals surface area contributed by atoms with Gasteiger partial charge in [0.05, 0.1) is 0 Å². The van der Waals surface area contributed by atoms with Gasteiger partial charge in [0.1, 0.15) is 0 Å². The minimum absolute atomic E-state index is 0. The average molecular weight is 115 g/mol. The third kappa shape index (κ3) is 381. The molecule has 0 amide bonds. The van der Waals surface area contributed by atoms with E-state index in [1.807, 2.05) is 6.92 Å². The molecule has 0 saturated heterocycles. The number of rotatable bonds is 0. The third-order valence-corrected chi connectivity index (χ3v) is 0. The number of allylic oxidation sites excluding steroid dienone is 1. The molecule has 47 valence electrons. The van der Waals surface area contributed by atoms with Crippen LogP contribution < -0.4 is 0 Å². The zero-order valence-corrected chi connectivity index (χ0v) is 5.17. The Hall–Kier alpha value is -0.535. The van der Waals surface area contributed by atoms with Gasteiger partial charge in [-0.2, -0.15) is 0 Å². The van der Waals surface area contributed by atoms with Crippen LogP contribution in [0.5, 0.6) is 0 Å². The van der Waals surface area contributed by atoms with Gasteiger partial charge in [0.2, 0.25) is 0 Å². The van der Waals surface area contributed by atoms with Crippen molar-refractivity contribution < 1.29 is 10.0 Å². The molecule has 0 aliphatic heterocycles. The van der Waals surface area contributed by atoms with Crippen molar-refractivity contribution in [2.75, 3.05) is 0 Å². The minimum Gasteiger partial charge on any atom is -0.429 e. The zero-order valence-electron chi connectivity index (χ0n) is 5.17. The van der Waals surface area contributed by atoms with Crippen molar-refractivity contribution in [1.29, 1.82) is 0 Å². The van der Waals surface area contributed by atoms with Gasteiger partial charge >= 0.3 is 7.69 Å². The van der Waals surface area contributed by atoms with Gasteiger partial charge in [-0.05, 0) is 6.92 Å². The monoisotopic (exact) mass is 115 g/mol. The Kier molecular flexibility index (Phi) is 176. The topological polar surface area (TPSA) is 40.5 Å². The lowest BCUT2D eigenvalue weighted by Gasteiger charge is -1.46. The molecule has 0 atom stereocenters. The van der Waals surface area contributed by atoms with Gasteiger partial charge in [-0.25, -0.2) is 0 Å². The molecule has 2 nitrogen and oxygen atoms in total. The summed E-state index contributed by atoms with van der Waals surface area (Å²) >= 11 is 0. The van der Waals surface area contributed by atoms with E-state index in [1.54, 1.807) is 6.08 Å². The fraction of sp³-hybridized carbons (Fsp3) is 0.200. The third-order valence-electron chi connectivity index (χ3n) is 0. The first-order valence-corrected chi connectivity index (χ1v) is 2.00. The molecule has 0 spiro atoms. The van der Waals surface area contributed by atoms with E-state index >= 15 is 0 Å². The standard InChI is InChI=1S/C3H6.C2H4.BH2O2/c1-3-2;1-2;2-1-3/h3H,1H2,2H3;1-2H2;2-3H. The van der Waals surface area contributed by atoms with E-state index in [1.165, 1.54) is 0 Å². The van der Waals surface area contributed by atoms with Gasteiger partial charge < -0.3 is 10.0 Å². The molecular formula is C5H12BO2. The largest absolute Gasteiger partial charge is 0.482 e. The van der Waals surface area contributed by atoms with Crippen LogP contribution in [-0.2, 0) is 0 Å². The Morgan fingerprint density at radius 2 is 1.38 bits per heavy atom. The summed E-state index contributed by atoms with van der Waals surface area (Å²) in [5.41, 5.74) is 0. The first-order chi connectivity index (χ1) is 3.83. The van der Waals surface area contributed by atoms with Crippen molar-refractivity contribution in [3.63, 3.8) is 0 Å². The van der Waals surface area contributed by atoms with Crippen molar-refractivity contribution >= 4 is 7.69 Å². The molecule has 0 rings (SSSR count). The van der Waals surface area contributed by atoms with Gasteiger partial charge in [0.15, 0.2) is 0 Å². The molecule has 0 aromatic rings. The molecule has 8 heavy (non-hydrogen) atoms. The van der Waals surface area contributed by atoms with Crippen LogP contribution in [-0.4, -0.2) is 17.7 Å². The summed E-state index contributed by atoms with van der Waals surface area (Å²) in [4.78, 5) is 0. The molecule has 0 aliphatic carbocycles. The van der Waals surface area contributed by atoms with Crippen molar-refractivity contribution in [3.8, 4) is 0 Å². The number of hydrogen-bond acceptors (Lipinski definition) is 2. The Balaban J connectivity index is -0.0000000483. The average Bonchev–Trinajstić information content (AvgIpc) is 1.75. The van der Waals surface area contributed by atoms with Crippen LogP contribution in [0.2, 0.25) is 0 Å². The molecule has 0 saturated carbocycles. The Labute approximate surface area is 51.5 Å².